The van der Waals surface area contributed by atoms with Crippen molar-refractivity contribution < 1.29 is 13.5 Å². The zero-order chi connectivity index (χ0) is 12.3. The van der Waals surface area contributed by atoms with Crippen LogP contribution in [0.15, 0.2) is 24.4 Å². The molecule has 2 rings (SSSR count). The van der Waals surface area contributed by atoms with Crippen LogP contribution in [0.2, 0.25) is 5.02 Å². The SMILES string of the molecule is FCC(F)Oc1cc(-n2c[c]nn2)ccc1Cl. The van der Waals surface area contributed by atoms with Gasteiger partial charge in [-0.2, -0.15) is 4.39 Å². The summed E-state index contributed by atoms with van der Waals surface area (Å²) in [4.78, 5) is 0. The molecule has 0 aliphatic heterocycles. The second-order valence-corrected chi connectivity index (χ2v) is 3.50. The highest BCUT2D eigenvalue weighted by atomic mass is 35.5. The minimum atomic E-state index is -2.04. The van der Waals surface area contributed by atoms with Gasteiger partial charge in [0.2, 0.25) is 0 Å². The molecule has 0 aliphatic carbocycles. The largest absolute Gasteiger partial charge is 0.456 e. The fraction of sp³-hybridized carbons (Fsp3) is 0.200. The van der Waals surface area contributed by atoms with Gasteiger partial charge in [0.25, 0.3) is 6.36 Å². The van der Waals surface area contributed by atoms with E-state index in [9.17, 15) is 8.78 Å². The first-order chi connectivity index (χ1) is 8.20. The van der Waals surface area contributed by atoms with Crippen LogP contribution in [0, 0.1) is 6.20 Å². The van der Waals surface area contributed by atoms with Crippen molar-refractivity contribution in [3.63, 3.8) is 0 Å². The van der Waals surface area contributed by atoms with E-state index in [1.807, 2.05) is 0 Å². The standard InChI is InChI=1S/C10H7ClF2N3O/c11-8-2-1-7(16-4-3-14-15-16)5-9(8)17-10(13)6-12/h1-2,4-5,10H,6H2. The van der Waals surface area contributed by atoms with Crippen LogP contribution in [0.5, 0.6) is 5.75 Å². The lowest BCUT2D eigenvalue weighted by atomic mass is 10.3. The summed E-state index contributed by atoms with van der Waals surface area (Å²) in [6.45, 7) is -1.24. The van der Waals surface area contributed by atoms with Crippen LogP contribution >= 0.6 is 11.6 Å². The highest BCUT2D eigenvalue weighted by molar-refractivity contribution is 6.32. The number of ether oxygens (including phenoxy) is 1. The Morgan fingerprint density at radius 2 is 2.35 bits per heavy atom. The van der Waals surface area contributed by atoms with Gasteiger partial charge < -0.3 is 4.74 Å². The molecule has 0 saturated carbocycles. The Hall–Kier alpha value is -1.69. The van der Waals surface area contributed by atoms with Crippen molar-refractivity contribution in [3.8, 4) is 11.4 Å². The maximum atomic E-state index is 12.8. The maximum absolute atomic E-state index is 12.8. The number of hydrogen-bond donors (Lipinski definition) is 0. The van der Waals surface area contributed by atoms with E-state index >= 15 is 0 Å². The molecule has 1 heterocycles. The molecule has 17 heavy (non-hydrogen) atoms. The van der Waals surface area contributed by atoms with Crippen LogP contribution in [-0.4, -0.2) is 28.0 Å². The lowest BCUT2D eigenvalue weighted by Crippen LogP contribution is -2.12. The van der Waals surface area contributed by atoms with Crippen LogP contribution in [-0.2, 0) is 0 Å². The van der Waals surface area contributed by atoms with Crippen molar-refractivity contribution in [3.05, 3.63) is 35.6 Å². The van der Waals surface area contributed by atoms with Crippen LogP contribution in [0.4, 0.5) is 8.78 Å². The summed E-state index contributed by atoms with van der Waals surface area (Å²) in [6.07, 6.45) is 1.95. The van der Waals surface area contributed by atoms with Crippen molar-refractivity contribution >= 4 is 11.6 Å². The number of rotatable bonds is 4. The van der Waals surface area contributed by atoms with E-state index in [1.54, 1.807) is 6.07 Å². The zero-order valence-corrected chi connectivity index (χ0v) is 9.23. The third kappa shape index (κ3) is 2.71. The Balaban J connectivity index is 2.29. The summed E-state index contributed by atoms with van der Waals surface area (Å²) in [6, 6.07) is 4.58. The van der Waals surface area contributed by atoms with Crippen LogP contribution in [0.3, 0.4) is 0 Å². The number of aromatic nitrogens is 3. The minimum Gasteiger partial charge on any atom is -0.456 e. The molecule has 0 N–H and O–H groups in total. The fourth-order valence-electron chi connectivity index (χ4n) is 1.20. The Morgan fingerprint density at radius 1 is 1.53 bits per heavy atom. The van der Waals surface area contributed by atoms with Gasteiger partial charge in [-0.05, 0) is 12.1 Å². The summed E-state index contributed by atoms with van der Waals surface area (Å²) in [5.74, 6) is 0.0461. The van der Waals surface area contributed by atoms with Gasteiger partial charge in [-0.15, -0.1) is 5.10 Å². The first kappa shape index (κ1) is 11.8. The summed E-state index contributed by atoms with van der Waals surface area (Å²) in [5, 5.41) is 7.40. The quantitative estimate of drug-likeness (QED) is 0.845. The summed E-state index contributed by atoms with van der Waals surface area (Å²) >= 11 is 5.79. The topological polar surface area (TPSA) is 39.9 Å². The van der Waals surface area contributed by atoms with Crippen molar-refractivity contribution in [2.24, 2.45) is 0 Å². The van der Waals surface area contributed by atoms with E-state index in [2.05, 4.69) is 21.2 Å². The molecule has 0 amide bonds. The normalized spacial score (nSPS) is 12.4. The third-order valence-corrected chi connectivity index (χ3v) is 2.25. The molecular formula is C10H7ClF2N3O. The Kier molecular flexibility index (Phi) is 3.53. The lowest BCUT2D eigenvalue weighted by molar-refractivity contribution is 0.0435. The monoisotopic (exact) mass is 258 g/mol. The van der Waals surface area contributed by atoms with Gasteiger partial charge in [0.15, 0.2) is 6.67 Å². The van der Waals surface area contributed by atoms with E-state index < -0.39 is 13.0 Å². The Morgan fingerprint density at radius 3 is 3.00 bits per heavy atom. The van der Waals surface area contributed by atoms with Crippen molar-refractivity contribution in [2.45, 2.75) is 6.36 Å². The van der Waals surface area contributed by atoms with Gasteiger partial charge in [-0.3, -0.25) is 0 Å². The molecule has 1 aromatic heterocycles. The maximum Gasteiger partial charge on any atom is 0.266 e. The van der Waals surface area contributed by atoms with Crippen molar-refractivity contribution in [1.82, 2.24) is 15.0 Å². The molecule has 0 bridgehead atoms. The van der Waals surface area contributed by atoms with E-state index in [0.29, 0.717) is 5.69 Å². The highest BCUT2D eigenvalue weighted by Crippen LogP contribution is 2.28. The average Bonchev–Trinajstić information content (AvgIpc) is 2.85. The van der Waals surface area contributed by atoms with E-state index in [0.717, 1.165) is 0 Å². The van der Waals surface area contributed by atoms with Crippen molar-refractivity contribution in [1.29, 1.82) is 0 Å². The summed E-state index contributed by atoms with van der Waals surface area (Å²) in [5.41, 5.74) is 0.559. The van der Waals surface area contributed by atoms with Gasteiger partial charge in [0, 0.05) is 6.07 Å². The third-order valence-electron chi connectivity index (χ3n) is 1.93. The van der Waals surface area contributed by atoms with Gasteiger partial charge >= 0.3 is 0 Å². The molecule has 0 aliphatic rings. The van der Waals surface area contributed by atoms with E-state index in [-0.39, 0.29) is 10.8 Å². The second kappa shape index (κ2) is 5.09. The van der Waals surface area contributed by atoms with Crippen LogP contribution < -0.4 is 4.74 Å². The molecule has 4 nitrogen and oxygen atoms in total. The second-order valence-electron chi connectivity index (χ2n) is 3.09. The molecule has 1 unspecified atom stereocenters. The molecule has 2 aromatic rings. The molecule has 1 aromatic carbocycles. The molecular weight excluding hydrogens is 252 g/mol. The van der Waals surface area contributed by atoms with Gasteiger partial charge in [-0.1, -0.05) is 16.8 Å². The molecule has 0 spiro atoms. The number of benzene rings is 1. The molecule has 89 valence electrons. The molecule has 7 heteroatoms. The molecule has 0 saturated heterocycles. The number of nitrogens with zero attached hydrogens (tertiary/aromatic N) is 3. The van der Waals surface area contributed by atoms with Crippen LogP contribution in [0.25, 0.3) is 5.69 Å². The predicted octanol–water partition coefficient (Wildman–Crippen LogP) is 2.36. The molecule has 1 atom stereocenters. The Bertz CT molecular complexity index is 492. The highest BCUT2D eigenvalue weighted by Gasteiger charge is 2.11. The number of hydrogen-bond acceptors (Lipinski definition) is 3. The zero-order valence-electron chi connectivity index (χ0n) is 8.48. The van der Waals surface area contributed by atoms with Gasteiger partial charge in [0.05, 0.1) is 16.9 Å². The Labute approximate surface area is 101 Å². The average molecular weight is 259 g/mol. The van der Waals surface area contributed by atoms with Gasteiger partial charge in [0.1, 0.15) is 11.9 Å². The smallest absolute Gasteiger partial charge is 0.266 e. The first-order valence-electron chi connectivity index (χ1n) is 4.65. The number of halogens is 3. The van der Waals surface area contributed by atoms with Crippen LogP contribution in [0.1, 0.15) is 0 Å². The van der Waals surface area contributed by atoms with Gasteiger partial charge in [-0.25, -0.2) is 9.07 Å². The van der Waals surface area contributed by atoms with E-state index in [4.69, 9.17) is 11.6 Å². The molecule has 1 radical (unpaired) electrons. The lowest BCUT2D eigenvalue weighted by Gasteiger charge is -2.11. The van der Waals surface area contributed by atoms with Crippen molar-refractivity contribution in [2.75, 3.05) is 6.67 Å². The summed E-state index contributed by atoms with van der Waals surface area (Å²) in [7, 11) is 0. The fourth-order valence-corrected chi connectivity index (χ4v) is 1.36. The summed E-state index contributed by atoms with van der Waals surface area (Å²) < 4.78 is 30.9. The predicted molar refractivity (Wildman–Crippen MR) is 56.7 cm³/mol. The number of alkyl halides is 2. The van der Waals surface area contributed by atoms with E-state index in [1.165, 1.54) is 23.0 Å². The first-order valence-corrected chi connectivity index (χ1v) is 5.03. The minimum absolute atomic E-state index is 0.0461. The molecule has 0 fully saturated rings.